The molecule has 0 saturated heterocycles. The SMILES string of the molecule is CCC(C)C(N)C(=O)NC(CCCN=C(N)N)C(=O)NC(Cc1ccc(O)cc1)C(=O)NC(C)C(=O)O. The van der Waals surface area contributed by atoms with E-state index in [1.165, 1.54) is 19.1 Å². The van der Waals surface area contributed by atoms with Crippen LogP contribution < -0.4 is 33.2 Å². The Hall–Kier alpha value is -3.87. The summed E-state index contributed by atoms with van der Waals surface area (Å²) in [7, 11) is 0. The zero-order chi connectivity index (χ0) is 28.1. The third-order valence-electron chi connectivity index (χ3n) is 5.88. The minimum atomic E-state index is -1.24. The predicted octanol–water partition coefficient (Wildman–Crippen LogP) is -1.08. The molecule has 0 radical (unpaired) electrons. The van der Waals surface area contributed by atoms with Crippen molar-refractivity contribution < 1.29 is 29.4 Å². The zero-order valence-corrected chi connectivity index (χ0v) is 21.4. The van der Waals surface area contributed by atoms with Crippen molar-refractivity contribution in [2.24, 2.45) is 28.1 Å². The summed E-state index contributed by atoms with van der Waals surface area (Å²) in [6.45, 7) is 5.22. The van der Waals surface area contributed by atoms with Crippen LogP contribution >= 0.6 is 0 Å². The number of carbonyl (C=O) groups is 4. The molecule has 5 unspecified atom stereocenters. The van der Waals surface area contributed by atoms with Gasteiger partial charge in [0.1, 0.15) is 23.9 Å². The van der Waals surface area contributed by atoms with E-state index in [2.05, 4.69) is 20.9 Å². The quantitative estimate of drug-likeness (QED) is 0.0794. The molecular formula is C24H39N7O6. The molecule has 0 aliphatic carbocycles. The van der Waals surface area contributed by atoms with Gasteiger partial charge >= 0.3 is 5.97 Å². The van der Waals surface area contributed by atoms with Crippen LogP contribution in [-0.4, -0.2) is 70.6 Å². The van der Waals surface area contributed by atoms with Gasteiger partial charge < -0.3 is 43.4 Å². The molecule has 5 atom stereocenters. The van der Waals surface area contributed by atoms with Gasteiger partial charge in [-0.1, -0.05) is 32.4 Å². The van der Waals surface area contributed by atoms with Gasteiger partial charge in [-0.2, -0.15) is 0 Å². The Bertz CT molecular complexity index is 949. The highest BCUT2D eigenvalue weighted by Crippen LogP contribution is 2.12. The first-order valence-corrected chi connectivity index (χ1v) is 12.1. The summed E-state index contributed by atoms with van der Waals surface area (Å²) in [5.41, 5.74) is 17.3. The second-order valence-electron chi connectivity index (χ2n) is 8.92. The maximum Gasteiger partial charge on any atom is 0.325 e. The largest absolute Gasteiger partial charge is 0.508 e. The van der Waals surface area contributed by atoms with Gasteiger partial charge in [0.15, 0.2) is 5.96 Å². The summed E-state index contributed by atoms with van der Waals surface area (Å²) >= 11 is 0. The Kier molecular flexibility index (Phi) is 12.9. The van der Waals surface area contributed by atoms with Crippen molar-refractivity contribution >= 4 is 29.7 Å². The lowest BCUT2D eigenvalue weighted by Gasteiger charge is -2.26. The molecule has 0 bridgehead atoms. The van der Waals surface area contributed by atoms with Gasteiger partial charge in [0.05, 0.1) is 6.04 Å². The van der Waals surface area contributed by atoms with Crippen molar-refractivity contribution in [2.45, 2.75) is 70.6 Å². The number of rotatable bonds is 15. The van der Waals surface area contributed by atoms with E-state index in [0.717, 1.165) is 0 Å². The fourth-order valence-corrected chi connectivity index (χ4v) is 3.28. The maximum absolute atomic E-state index is 13.3. The van der Waals surface area contributed by atoms with Crippen LogP contribution in [0.15, 0.2) is 29.3 Å². The molecule has 0 aromatic heterocycles. The van der Waals surface area contributed by atoms with Crippen LogP contribution in [-0.2, 0) is 25.6 Å². The van der Waals surface area contributed by atoms with Crippen LogP contribution in [0.3, 0.4) is 0 Å². The molecule has 13 nitrogen and oxygen atoms in total. The summed E-state index contributed by atoms with van der Waals surface area (Å²) in [4.78, 5) is 54.0. The Morgan fingerprint density at radius 2 is 1.51 bits per heavy atom. The van der Waals surface area contributed by atoms with E-state index in [4.69, 9.17) is 22.3 Å². The van der Waals surface area contributed by atoms with E-state index in [-0.39, 0.29) is 37.0 Å². The molecule has 1 aromatic carbocycles. The zero-order valence-electron chi connectivity index (χ0n) is 21.4. The van der Waals surface area contributed by atoms with Gasteiger partial charge in [0, 0.05) is 13.0 Å². The number of carboxylic acids is 1. The van der Waals surface area contributed by atoms with Crippen LogP contribution in [0.2, 0.25) is 0 Å². The second kappa shape index (κ2) is 15.3. The first-order valence-electron chi connectivity index (χ1n) is 12.1. The molecule has 0 fully saturated rings. The monoisotopic (exact) mass is 521 g/mol. The molecule has 0 saturated carbocycles. The highest BCUT2D eigenvalue weighted by Gasteiger charge is 2.30. The third kappa shape index (κ3) is 11.2. The first-order chi connectivity index (χ1) is 17.3. The van der Waals surface area contributed by atoms with Crippen LogP contribution in [0.5, 0.6) is 5.75 Å². The summed E-state index contributed by atoms with van der Waals surface area (Å²) in [5, 5.41) is 26.3. The number of aliphatic carboxylic acids is 1. The molecule has 37 heavy (non-hydrogen) atoms. The van der Waals surface area contributed by atoms with Crippen molar-refractivity contribution in [2.75, 3.05) is 6.54 Å². The number of phenolic OH excluding ortho intramolecular Hbond substituents is 1. The van der Waals surface area contributed by atoms with Crippen LogP contribution in [0, 0.1) is 5.92 Å². The number of aliphatic imine (C=N–C) groups is 1. The number of nitrogens with one attached hydrogen (secondary N) is 3. The summed E-state index contributed by atoms with van der Waals surface area (Å²) in [6, 6.07) is 1.73. The Morgan fingerprint density at radius 1 is 0.946 bits per heavy atom. The molecule has 1 rings (SSSR count). The van der Waals surface area contributed by atoms with Crippen LogP contribution in [0.1, 0.15) is 45.6 Å². The van der Waals surface area contributed by atoms with E-state index in [9.17, 15) is 24.3 Å². The number of guanidine groups is 1. The number of hydrogen-bond acceptors (Lipinski definition) is 7. The summed E-state index contributed by atoms with van der Waals surface area (Å²) < 4.78 is 0. The van der Waals surface area contributed by atoms with E-state index in [1.807, 2.05) is 13.8 Å². The highest BCUT2D eigenvalue weighted by molar-refractivity contribution is 5.94. The number of hydrogen-bond donors (Lipinski definition) is 8. The fraction of sp³-hybridized carbons (Fsp3) is 0.542. The number of carboxylic acid groups (broad SMARTS) is 1. The minimum absolute atomic E-state index is 0.00520. The smallest absolute Gasteiger partial charge is 0.325 e. The van der Waals surface area contributed by atoms with E-state index < -0.39 is 47.9 Å². The molecular weight excluding hydrogens is 482 g/mol. The van der Waals surface area contributed by atoms with Crippen molar-refractivity contribution in [3.63, 3.8) is 0 Å². The lowest BCUT2D eigenvalue weighted by molar-refractivity contribution is -0.141. The number of phenols is 1. The molecule has 206 valence electrons. The van der Waals surface area contributed by atoms with Crippen molar-refractivity contribution in [3.05, 3.63) is 29.8 Å². The fourth-order valence-electron chi connectivity index (χ4n) is 3.28. The van der Waals surface area contributed by atoms with Crippen LogP contribution in [0.25, 0.3) is 0 Å². The average Bonchev–Trinajstić information content (AvgIpc) is 2.85. The molecule has 11 N–H and O–H groups in total. The van der Waals surface area contributed by atoms with Gasteiger partial charge in [0.25, 0.3) is 0 Å². The number of carbonyl (C=O) groups excluding carboxylic acids is 3. The van der Waals surface area contributed by atoms with Crippen molar-refractivity contribution in [1.82, 2.24) is 16.0 Å². The van der Waals surface area contributed by atoms with Gasteiger partial charge in [-0.3, -0.25) is 24.2 Å². The lowest BCUT2D eigenvalue weighted by atomic mass is 9.98. The normalized spacial score (nSPS) is 14.8. The topological polar surface area (TPSA) is 235 Å². The number of amides is 3. The number of aromatic hydroxyl groups is 1. The Balaban J connectivity index is 3.13. The summed E-state index contributed by atoms with van der Waals surface area (Å²) in [5.74, 6) is -3.36. The van der Waals surface area contributed by atoms with Gasteiger partial charge in [-0.05, 0) is 43.4 Å². The Labute approximate surface area is 216 Å². The highest BCUT2D eigenvalue weighted by atomic mass is 16.4. The molecule has 0 spiro atoms. The maximum atomic E-state index is 13.3. The van der Waals surface area contributed by atoms with Crippen molar-refractivity contribution in [3.8, 4) is 5.75 Å². The molecule has 0 aliphatic rings. The number of benzene rings is 1. The van der Waals surface area contributed by atoms with Crippen molar-refractivity contribution in [1.29, 1.82) is 0 Å². The first kappa shape index (κ1) is 31.2. The van der Waals surface area contributed by atoms with E-state index >= 15 is 0 Å². The number of nitrogens with two attached hydrogens (primary N) is 3. The molecule has 1 aromatic rings. The molecule has 0 heterocycles. The molecule has 0 aliphatic heterocycles. The average molecular weight is 522 g/mol. The van der Waals surface area contributed by atoms with Crippen LogP contribution in [0.4, 0.5) is 0 Å². The minimum Gasteiger partial charge on any atom is -0.508 e. The van der Waals surface area contributed by atoms with Gasteiger partial charge in [-0.15, -0.1) is 0 Å². The van der Waals surface area contributed by atoms with E-state index in [1.54, 1.807) is 12.1 Å². The third-order valence-corrected chi connectivity index (χ3v) is 5.88. The summed E-state index contributed by atoms with van der Waals surface area (Å²) in [6.07, 6.45) is 1.16. The molecule has 3 amide bonds. The van der Waals surface area contributed by atoms with Gasteiger partial charge in [0.2, 0.25) is 17.7 Å². The molecule has 13 heteroatoms. The van der Waals surface area contributed by atoms with Gasteiger partial charge in [-0.25, -0.2) is 0 Å². The predicted molar refractivity (Wildman–Crippen MR) is 138 cm³/mol. The lowest BCUT2D eigenvalue weighted by Crippen LogP contribution is -2.57. The second-order valence-corrected chi connectivity index (χ2v) is 8.92. The number of nitrogens with zero attached hydrogens (tertiary/aromatic N) is 1. The standard InChI is InChI=1S/C24H39N7O6/c1-4-13(2)19(25)22(35)30-17(6-5-11-28-24(26)27)20(33)31-18(21(34)29-14(3)23(36)37)12-15-7-9-16(32)10-8-15/h7-10,13-14,17-19,32H,4-6,11-12,25H2,1-3H3,(H,29,34)(H,30,35)(H,31,33)(H,36,37)(H4,26,27,28). The van der Waals surface area contributed by atoms with E-state index in [0.29, 0.717) is 18.4 Å². The Morgan fingerprint density at radius 3 is 2.05 bits per heavy atom.